The predicted molar refractivity (Wildman–Crippen MR) is 254 cm³/mol. The zero-order valence-corrected chi connectivity index (χ0v) is 37.6. The van der Waals surface area contributed by atoms with Crippen molar-refractivity contribution in [2.45, 2.75) is 129 Å². The minimum absolute atomic E-state index is 0.0852. The number of hydrogen-bond donors (Lipinski definition) is 0. The van der Waals surface area contributed by atoms with Gasteiger partial charge in [0.1, 0.15) is 23.6 Å². The number of nitrogens with zero attached hydrogens (tertiary/aromatic N) is 3. The summed E-state index contributed by atoms with van der Waals surface area (Å²) in [7, 11) is 0. The number of fused-ring (bicyclic) bond motifs is 11. The first-order valence-electron chi connectivity index (χ1n) is 23.0. The maximum absolute atomic E-state index is 2.72. The van der Waals surface area contributed by atoms with Crippen molar-refractivity contribution in [2.24, 2.45) is 0 Å². The zero-order valence-electron chi connectivity index (χ0n) is 36.8. The van der Waals surface area contributed by atoms with Crippen LogP contribution < -0.4 is 9.13 Å². The number of pyridine rings is 1. The number of unbranched alkanes of at least 4 members (excludes halogenated alkanes) is 2. The van der Waals surface area contributed by atoms with Gasteiger partial charge in [0.05, 0.1) is 11.1 Å². The normalized spacial score (nSPS) is 19.8. The van der Waals surface area contributed by atoms with E-state index in [0.717, 1.165) is 25.7 Å². The van der Waals surface area contributed by atoms with Crippen molar-refractivity contribution in [3.8, 4) is 28.3 Å². The highest BCUT2D eigenvalue weighted by Crippen LogP contribution is 2.55. The van der Waals surface area contributed by atoms with Gasteiger partial charge >= 0.3 is 0 Å². The molecule has 2 aliphatic heterocycles. The van der Waals surface area contributed by atoms with E-state index in [1.807, 2.05) is 11.3 Å². The van der Waals surface area contributed by atoms with Crippen molar-refractivity contribution in [3.05, 3.63) is 150 Å². The van der Waals surface area contributed by atoms with E-state index in [9.17, 15) is 0 Å². The Kier molecular flexibility index (Phi) is 9.86. The molecular formula is C56H61N3S+2. The molecule has 60 heavy (non-hydrogen) atoms. The molecule has 5 heterocycles. The van der Waals surface area contributed by atoms with Crippen LogP contribution >= 0.6 is 11.3 Å². The lowest BCUT2D eigenvalue weighted by Crippen LogP contribution is -2.68. The Balaban J connectivity index is 1.12. The molecule has 0 saturated carbocycles. The highest BCUT2D eigenvalue weighted by Gasteiger charge is 2.58. The van der Waals surface area contributed by atoms with Crippen LogP contribution in [0.5, 0.6) is 0 Å². The van der Waals surface area contributed by atoms with Crippen LogP contribution in [0.3, 0.4) is 0 Å². The van der Waals surface area contributed by atoms with Crippen molar-refractivity contribution in [2.75, 3.05) is 0 Å². The van der Waals surface area contributed by atoms with E-state index >= 15 is 0 Å². The van der Waals surface area contributed by atoms with E-state index in [4.69, 9.17) is 0 Å². The molecule has 4 unspecified atom stereocenters. The number of benzene rings is 5. The van der Waals surface area contributed by atoms with E-state index in [1.165, 1.54) is 107 Å². The third-order valence-corrected chi connectivity index (χ3v) is 16.5. The highest BCUT2D eigenvalue weighted by atomic mass is 32.1. The molecule has 4 atom stereocenters. The SMILES string of the molecule is CCCCCC(C)c1cccc(C(C)C)c1-n1cc[n+]2c1-c1ccccc1C(CC)(CCC1c3ccc4c(sc5ccccc54)c3-c3cc4ccccc4c[n+]31)C2(C)CC. The first-order chi connectivity index (χ1) is 29.2. The molecule has 0 amide bonds. The minimum Gasteiger partial charge on any atom is -0.224 e. The average Bonchev–Trinajstić information content (AvgIpc) is 3.98. The molecule has 8 aromatic rings. The van der Waals surface area contributed by atoms with Crippen molar-refractivity contribution >= 4 is 42.3 Å². The number of aromatic nitrogens is 3. The summed E-state index contributed by atoms with van der Waals surface area (Å²) in [6, 6.07) is 42.1. The Morgan fingerprint density at radius 3 is 2.33 bits per heavy atom. The fraction of sp³-hybridized carbons (Fsp3) is 0.357. The number of thiophene rings is 1. The first-order valence-corrected chi connectivity index (χ1v) is 23.8. The molecule has 0 radical (unpaired) electrons. The van der Waals surface area contributed by atoms with Crippen LogP contribution in [0.4, 0.5) is 0 Å². The molecule has 0 aliphatic carbocycles. The van der Waals surface area contributed by atoms with Crippen molar-refractivity contribution in [3.63, 3.8) is 0 Å². The molecule has 5 aromatic carbocycles. The summed E-state index contributed by atoms with van der Waals surface area (Å²) in [4.78, 5) is 0. The Hall–Kier alpha value is -5.06. The molecule has 10 rings (SSSR count). The van der Waals surface area contributed by atoms with Crippen LogP contribution in [0.1, 0.15) is 140 Å². The largest absolute Gasteiger partial charge is 0.294 e. The second-order valence-corrected chi connectivity index (χ2v) is 19.6. The van der Waals surface area contributed by atoms with Gasteiger partial charge in [0.15, 0.2) is 12.2 Å². The van der Waals surface area contributed by atoms with Gasteiger partial charge in [-0.1, -0.05) is 146 Å². The van der Waals surface area contributed by atoms with Crippen LogP contribution in [0, 0.1) is 0 Å². The second-order valence-electron chi connectivity index (χ2n) is 18.6. The Labute approximate surface area is 361 Å². The molecule has 0 saturated heterocycles. The first kappa shape index (κ1) is 39.1. The summed E-state index contributed by atoms with van der Waals surface area (Å²) >= 11 is 1.97. The molecule has 0 N–H and O–H groups in total. The molecule has 0 fully saturated rings. The Morgan fingerprint density at radius 2 is 1.53 bits per heavy atom. The molecule has 4 heteroatoms. The van der Waals surface area contributed by atoms with Gasteiger partial charge in [-0.15, -0.1) is 11.3 Å². The topological polar surface area (TPSA) is 12.7 Å². The van der Waals surface area contributed by atoms with E-state index in [1.54, 1.807) is 0 Å². The van der Waals surface area contributed by atoms with Crippen LogP contribution in [-0.2, 0) is 11.0 Å². The predicted octanol–water partition coefficient (Wildman–Crippen LogP) is 14.9. The summed E-state index contributed by atoms with van der Waals surface area (Å²) in [6.45, 7) is 17.0. The average molecular weight is 808 g/mol. The van der Waals surface area contributed by atoms with Crippen LogP contribution in [0.15, 0.2) is 128 Å². The van der Waals surface area contributed by atoms with Gasteiger partial charge in [-0.3, -0.25) is 0 Å². The summed E-state index contributed by atoms with van der Waals surface area (Å²) < 4.78 is 10.8. The van der Waals surface area contributed by atoms with E-state index in [2.05, 4.69) is 190 Å². The number of para-hydroxylation sites is 1. The Morgan fingerprint density at radius 1 is 0.767 bits per heavy atom. The van der Waals surface area contributed by atoms with Crippen LogP contribution in [0.25, 0.3) is 59.3 Å². The third-order valence-electron chi connectivity index (χ3n) is 15.3. The lowest BCUT2D eigenvalue weighted by Gasteiger charge is -2.50. The van der Waals surface area contributed by atoms with Crippen molar-refractivity contribution < 1.29 is 9.13 Å². The summed E-state index contributed by atoms with van der Waals surface area (Å²) in [6.07, 6.45) is 16.6. The fourth-order valence-electron chi connectivity index (χ4n) is 11.9. The summed E-state index contributed by atoms with van der Waals surface area (Å²) in [5.41, 5.74) is 11.3. The quantitative estimate of drug-likeness (QED) is 0.0861. The maximum atomic E-state index is 2.72. The van der Waals surface area contributed by atoms with E-state index in [-0.39, 0.29) is 17.0 Å². The van der Waals surface area contributed by atoms with Gasteiger partial charge in [0.25, 0.3) is 5.82 Å². The van der Waals surface area contributed by atoms with Gasteiger partial charge in [-0.25, -0.2) is 4.57 Å². The molecule has 304 valence electrons. The molecule has 0 spiro atoms. The van der Waals surface area contributed by atoms with E-state index in [0.29, 0.717) is 11.8 Å². The van der Waals surface area contributed by atoms with Crippen LogP contribution in [-0.4, -0.2) is 4.57 Å². The zero-order chi connectivity index (χ0) is 41.3. The smallest absolute Gasteiger partial charge is 0.224 e. The number of imidazole rings is 1. The fourth-order valence-corrected chi connectivity index (χ4v) is 13.2. The molecular weight excluding hydrogens is 747 g/mol. The number of hydrogen-bond acceptors (Lipinski definition) is 1. The lowest BCUT2D eigenvalue weighted by atomic mass is 9.57. The molecule has 3 nitrogen and oxygen atoms in total. The monoisotopic (exact) mass is 807 g/mol. The second kappa shape index (κ2) is 15.1. The van der Waals surface area contributed by atoms with Gasteiger partial charge in [-0.2, -0.15) is 9.13 Å². The summed E-state index contributed by atoms with van der Waals surface area (Å²) in [5.74, 6) is 2.23. The standard InChI is InChI=1S/C56H61N3S/c1-8-11-12-20-38(6)42-26-19-25-41(37(4)5)52(42)57-33-34-59-54(57)45-24-15-17-27-47(45)56(10-3,55(59,7)9-2)32-31-48-46-30-29-44-43-23-16-18-28-50(43)60-53(44)51(46)49-35-39-21-13-14-22-40(39)36-58(48)49/h13-19,21-30,33-38,48H,8-12,20,31-32H2,1-7H3/q+2. The van der Waals surface area contributed by atoms with Crippen molar-refractivity contribution in [1.29, 1.82) is 0 Å². The van der Waals surface area contributed by atoms with Gasteiger partial charge < -0.3 is 0 Å². The lowest BCUT2D eigenvalue weighted by molar-refractivity contribution is -0.765. The molecule has 2 aliphatic rings. The molecule has 3 aromatic heterocycles. The summed E-state index contributed by atoms with van der Waals surface area (Å²) in [5, 5.41) is 5.36. The highest BCUT2D eigenvalue weighted by molar-refractivity contribution is 7.26. The number of rotatable bonds is 12. The minimum atomic E-state index is -0.149. The van der Waals surface area contributed by atoms with Gasteiger partial charge in [-0.05, 0) is 73.6 Å². The van der Waals surface area contributed by atoms with Crippen molar-refractivity contribution in [1.82, 2.24) is 4.57 Å². The van der Waals surface area contributed by atoms with Crippen LogP contribution in [0.2, 0.25) is 0 Å². The van der Waals surface area contributed by atoms with E-state index < -0.39 is 0 Å². The maximum Gasteiger partial charge on any atom is 0.294 e. The Bertz CT molecular complexity index is 2910. The molecule has 0 bridgehead atoms. The van der Waals surface area contributed by atoms with Gasteiger partial charge in [0, 0.05) is 60.2 Å². The van der Waals surface area contributed by atoms with Gasteiger partial charge in [0.2, 0.25) is 5.69 Å². The third kappa shape index (κ3) is 5.73.